The van der Waals surface area contributed by atoms with E-state index in [1.807, 2.05) is 0 Å². The van der Waals surface area contributed by atoms with Gasteiger partial charge in [0, 0.05) is 6.04 Å². The lowest BCUT2D eigenvalue weighted by molar-refractivity contribution is 0.439. The van der Waals surface area contributed by atoms with Crippen molar-refractivity contribution in [3.8, 4) is 0 Å². The molecular formula is C14H23N. The lowest BCUT2D eigenvalue weighted by Crippen LogP contribution is -2.15. The quantitative estimate of drug-likeness (QED) is 0.777. The fraction of sp³-hybridized carbons (Fsp3) is 0.571. The van der Waals surface area contributed by atoms with E-state index >= 15 is 0 Å². The summed E-state index contributed by atoms with van der Waals surface area (Å²) in [6, 6.07) is 8.64. The average Bonchev–Trinajstić information content (AvgIpc) is 2.18. The van der Waals surface area contributed by atoms with Gasteiger partial charge in [0.1, 0.15) is 0 Å². The summed E-state index contributed by atoms with van der Waals surface area (Å²) >= 11 is 0. The van der Waals surface area contributed by atoms with Crippen molar-refractivity contribution in [2.45, 2.75) is 46.1 Å². The Bertz CT molecular complexity index is 293. The van der Waals surface area contributed by atoms with Crippen LogP contribution in [0.5, 0.6) is 0 Å². The van der Waals surface area contributed by atoms with Crippen LogP contribution in [0.4, 0.5) is 0 Å². The molecule has 0 saturated carbocycles. The molecule has 1 nitrogen and oxygen atoms in total. The van der Waals surface area contributed by atoms with Gasteiger partial charge in [0.25, 0.3) is 0 Å². The van der Waals surface area contributed by atoms with E-state index < -0.39 is 0 Å². The number of aryl methyl sites for hydroxylation is 1. The minimum absolute atomic E-state index is 0.202. The molecule has 2 atom stereocenters. The SMILES string of the molecule is CCCC(C)CC(N)c1ccccc1C. The van der Waals surface area contributed by atoms with Crippen LogP contribution in [0.2, 0.25) is 0 Å². The third-order valence-corrected chi connectivity index (χ3v) is 3.03. The minimum atomic E-state index is 0.202. The Morgan fingerprint density at radius 3 is 2.53 bits per heavy atom. The molecule has 0 spiro atoms. The van der Waals surface area contributed by atoms with Crippen LogP contribution in [-0.4, -0.2) is 0 Å². The molecule has 0 bridgehead atoms. The molecule has 0 aliphatic heterocycles. The van der Waals surface area contributed by atoms with Crippen molar-refractivity contribution >= 4 is 0 Å². The fourth-order valence-corrected chi connectivity index (χ4v) is 2.17. The molecule has 15 heavy (non-hydrogen) atoms. The topological polar surface area (TPSA) is 26.0 Å². The third-order valence-electron chi connectivity index (χ3n) is 3.03. The first-order valence-electron chi connectivity index (χ1n) is 5.96. The van der Waals surface area contributed by atoms with E-state index in [2.05, 4.69) is 45.0 Å². The number of benzene rings is 1. The van der Waals surface area contributed by atoms with Crippen LogP contribution in [0.3, 0.4) is 0 Å². The highest BCUT2D eigenvalue weighted by atomic mass is 14.6. The van der Waals surface area contributed by atoms with E-state index in [0.29, 0.717) is 0 Å². The lowest BCUT2D eigenvalue weighted by atomic mass is 9.91. The molecule has 0 fully saturated rings. The van der Waals surface area contributed by atoms with E-state index in [4.69, 9.17) is 5.73 Å². The van der Waals surface area contributed by atoms with Crippen molar-refractivity contribution in [1.82, 2.24) is 0 Å². The number of hydrogen-bond donors (Lipinski definition) is 1. The Morgan fingerprint density at radius 1 is 1.27 bits per heavy atom. The average molecular weight is 205 g/mol. The van der Waals surface area contributed by atoms with Gasteiger partial charge in [-0.2, -0.15) is 0 Å². The summed E-state index contributed by atoms with van der Waals surface area (Å²) in [4.78, 5) is 0. The molecule has 1 rings (SSSR count). The third kappa shape index (κ3) is 3.67. The van der Waals surface area contributed by atoms with Gasteiger partial charge in [-0.1, -0.05) is 51.0 Å². The molecule has 1 heteroatoms. The van der Waals surface area contributed by atoms with E-state index in [-0.39, 0.29) is 6.04 Å². The zero-order valence-corrected chi connectivity index (χ0v) is 10.2. The molecule has 0 aromatic heterocycles. The molecule has 1 aromatic carbocycles. The van der Waals surface area contributed by atoms with Crippen LogP contribution in [0.15, 0.2) is 24.3 Å². The number of rotatable bonds is 5. The van der Waals surface area contributed by atoms with E-state index in [0.717, 1.165) is 12.3 Å². The maximum absolute atomic E-state index is 6.23. The molecule has 84 valence electrons. The molecule has 0 radical (unpaired) electrons. The van der Waals surface area contributed by atoms with Gasteiger partial charge >= 0.3 is 0 Å². The van der Waals surface area contributed by atoms with Crippen LogP contribution in [0.25, 0.3) is 0 Å². The van der Waals surface area contributed by atoms with Gasteiger partial charge in [-0.3, -0.25) is 0 Å². The first-order chi connectivity index (χ1) is 7.15. The highest BCUT2D eigenvalue weighted by molar-refractivity contribution is 5.28. The first kappa shape index (κ1) is 12.3. The van der Waals surface area contributed by atoms with Gasteiger partial charge in [0.05, 0.1) is 0 Å². The fourth-order valence-electron chi connectivity index (χ4n) is 2.17. The van der Waals surface area contributed by atoms with Crippen molar-refractivity contribution in [2.75, 3.05) is 0 Å². The van der Waals surface area contributed by atoms with E-state index in [1.54, 1.807) is 0 Å². The van der Waals surface area contributed by atoms with Crippen molar-refractivity contribution in [2.24, 2.45) is 11.7 Å². The van der Waals surface area contributed by atoms with Gasteiger partial charge in [-0.15, -0.1) is 0 Å². The van der Waals surface area contributed by atoms with Gasteiger partial charge < -0.3 is 5.73 Å². The molecule has 2 N–H and O–H groups in total. The standard InChI is InChI=1S/C14H23N/c1-4-7-11(2)10-14(15)13-9-6-5-8-12(13)3/h5-6,8-9,11,14H,4,7,10,15H2,1-3H3. The summed E-state index contributed by atoms with van der Waals surface area (Å²) in [7, 11) is 0. The summed E-state index contributed by atoms with van der Waals surface area (Å²) in [5, 5.41) is 0. The maximum Gasteiger partial charge on any atom is 0.0300 e. The maximum atomic E-state index is 6.23. The summed E-state index contributed by atoms with van der Waals surface area (Å²) in [6.45, 7) is 6.66. The molecule has 0 heterocycles. The van der Waals surface area contributed by atoms with E-state index in [1.165, 1.54) is 24.0 Å². The number of hydrogen-bond acceptors (Lipinski definition) is 1. The molecule has 0 amide bonds. The summed E-state index contributed by atoms with van der Waals surface area (Å²) in [5.74, 6) is 0.726. The largest absolute Gasteiger partial charge is 0.324 e. The zero-order valence-electron chi connectivity index (χ0n) is 10.2. The van der Waals surface area contributed by atoms with Gasteiger partial charge in [-0.25, -0.2) is 0 Å². The van der Waals surface area contributed by atoms with Crippen LogP contribution in [-0.2, 0) is 0 Å². The van der Waals surface area contributed by atoms with Gasteiger partial charge in [-0.05, 0) is 30.4 Å². The Hall–Kier alpha value is -0.820. The summed E-state index contributed by atoms with van der Waals surface area (Å²) in [5.41, 5.74) is 8.85. The highest BCUT2D eigenvalue weighted by Gasteiger charge is 2.11. The van der Waals surface area contributed by atoms with Gasteiger partial charge in [0.15, 0.2) is 0 Å². The predicted molar refractivity (Wildman–Crippen MR) is 66.8 cm³/mol. The monoisotopic (exact) mass is 205 g/mol. The highest BCUT2D eigenvalue weighted by Crippen LogP contribution is 2.23. The Labute approximate surface area is 93.7 Å². The molecule has 0 saturated heterocycles. The van der Waals surface area contributed by atoms with E-state index in [9.17, 15) is 0 Å². The van der Waals surface area contributed by atoms with Crippen molar-refractivity contribution in [3.63, 3.8) is 0 Å². The molecular weight excluding hydrogens is 182 g/mol. The van der Waals surface area contributed by atoms with Gasteiger partial charge in [0.2, 0.25) is 0 Å². The van der Waals surface area contributed by atoms with Crippen LogP contribution in [0.1, 0.15) is 50.3 Å². The molecule has 1 aromatic rings. The molecule has 0 aliphatic carbocycles. The second-order valence-corrected chi connectivity index (χ2v) is 4.59. The second-order valence-electron chi connectivity index (χ2n) is 4.59. The lowest BCUT2D eigenvalue weighted by Gasteiger charge is -2.18. The Morgan fingerprint density at radius 2 is 1.93 bits per heavy atom. The summed E-state index contributed by atoms with van der Waals surface area (Å²) in [6.07, 6.45) is 3.62. The normalized spacial score (nSPS) is 14.9. The molecule has 2 unspecified atom stereocenters. The van der Waals surface area contributed by atoms with Crippen molar-refractivity contribution in [1.29, 1.82) is 0 Å². The van der Waals surface area contributed by atoms with Crippen molar-refractivity contribution < 1.29 is 0 Å². The zero-order chi connectivity index (χ0) is 11.3. The Balaban J connectivity index is 2.61. The Kier molecular flexibility index (Phi) is 4.83. The van der Waals surface area contributed by atoms with Crippen LogP contribution >= 0.6 is 0 Å². The predicted octanol–water partition coefficient (Wildman–Crippen LogP) is 3.82. The van der Waals surface area contributed by atoms with Crippen molar-refractivity contribution in [3.05, 3.63) is 35.4 Å². The van der Waals surface area contributed by atoms with Crippen LogP contribution < -0.4 is 5.73 Å². The smallest absolute Gasteiger partial charge is 0.0300 e. The number of nitrogens with two attached hydrogens (primary N) is 1. The minimum Gasteiger partial charge on any atom is -0.324 e. The van der Waals surface area contributed by atoms with Crippen LogP contribution in [0, 0.1) is 12.8 Å². The first-order valence-corrected chi connectivity index (χ1v) is 5.96. The second kappa shape index (κ2) is 5.92. The molecule has 0 aliphatic rings. The summed E-state index contributed by atoms with van der Waals surface area (Å²) < 4.78 is 0.